The highest BCUT2D eigenvalue weighted by atomic mass is 16.4. The molecule has 0 aliphatic carbocycles. The van der Waals surface area contributed by atoms with Crippen LogP contribution in [0.4, 0.5) is 0 Å². The Morgan fingerprint density at radius 3 is 2.47 bits per heavy atom. The number of nitrogens with zero attached hydrogens (tertiary/aromatic N) is 1. The maximum absolute atomic E-state index is 12.1. The normalized spacial score (nSPS) is 19.9. The minimum atomic E-state index is -0.961. The van der Waals surface area contributed by atoms with Crippen LogP contribution < -0.4 is 5.32 Å². The van der Waals surface area contributed by atoms with Crippen LogP contribution in [0.5, 0.6) is 0 Å². The number of hydrogen-bond acceptors (Lipinski definition) is 3. The molecule has 0 aromatic carbocycles. The zero-order chi connectivity index (χ0) is 14.8. The summed E-state index contributed by atoms with van der Waals surface area (Å²) in [6, 6.07) is 0.0809. The summed E-state index contributed by atoms with van der Waals surface area (Å²) in [7, 11) is 0. The molecule has 6 nitrogen and oxygen atoms in total. The fraction of sp³-hybridized carbons (Fsp3) is 0.769. The lowest BCUT2D eigenvalue weighted by atomic mass is 9.98. The predicted molar refractivity (Wildman–Crippen MR) is 69.4 cm³/mol. The van der Waals surface area contributed by atoms with E-state index in [1.807, 2.05) is 13.8 Å². The molecule has 19 heavy (non-hydrogen) atoms. The van der Waals surface area contributed by atoms with Crippen molar-refractivity contribution in [3.05, 3.63) is 0 Å². The molecule has 1 aliphatic heterocycles. The molecule has 0 aromatic heterocycles. The molecular formula is C13H22N2O4. The molecule has 2 amide bonds. The van der Waals surface area contributed by atoms with Gasteiger partial charge in [0.15, 0.2) is 0 Å². The number of aliphatic carboxylic acids is 1. The van der Waals surface area contributed by atoms with Gasteiger partial charge in [-0.25, -0.2) is 0 Å². The van der Waals surface area contributed by atoms with Crippen molar-refractivity contribution in [1.82, 2.24) is 10.2 Å². The number of carboxylic acid groups (broad SMARTS) is 1. The Balaban J connectivity index is 2.61. The number of likely N-dealkylation sites (tertiary alicyclic amines) is 1. The third kappa shape index (κ3) is 4.22. The highest BCUT2D eigenvalue weighted by Gasteiger charge is 2.37. The van der Waals surface area contributed by atoms with Gasteiger partial charge in [0.05, 0.1) is 12.3 Å². The van der Waals surface area contributed by atoms with Gasteiger partial charge < -0.3 is 15.3 Å². The van der Waals surface area contributed by atoms with Crippen LogP contribution in [-0.2, 0) is 14.4 Å². The van der Waals surface area contributed by atoms with Crippen molar-refractivity contribution in [3.8, 4) is 0 Å². The van der Waals surface area contributed by atoms with Crippen LogP contribution >= 0.6 is 0 Å². The minimum Gasteiger partial charge on any atom is -0.481 e. The van der Waals surface area contributed by atoms with Gasteiger partial charge in [-0.15, -0.1) is 0 Å². The Kier molecular flexibility index (Phi) is 4.55. The molecule has 1 heterocycles. The number of carbonyl (C=O) groups is 3. The largest absolute Gasteiger partial charge is 0.481 e. The van der Waals surface area contributed by atoms with Crippen molar-refractivity contribution >= 4 is 17.8 Å². The van der Waals surface area contributed by atoms with Crippen molar-refractivity contribution in [2.75, 3.05) is 6.54 Å². The van der Waals surface area contributed by atoms with Gasteiger partial charge in [-0.1, -0.05) is 0 Å². The maximum Gasteiger partial charge on any atom is 0.305 e. The van der Waals surface area contributed by atoms with Crippen LogP contribution in [0, 0.1) is 5.92 Å². The third-order valence-electron chi connectivity index (χ3n) is 3.21. The van der Waals surface area contributed by atoms with Gasteiger partial charge in [0.1, 0.15) is 0 Å². The predicted octanol–water partition coefficient (Wildman–Crippen LogP) is 0.613. The Morgan fingerprint density at radius 1 is 1.47 bits per heavy atom. The van der Waals surface area contributed by atoms with Gasteiger partial charge in [0.2, 0.25) is 11.8 Å². The van der Waals surface area contributed by atoms with Gasteiger partial charge in [-0.3, -0.25) is 14.4 Å². The first kappa shape index (κ1) is 15.5. The van der Waals surface area contributed by atoms with Gasteiger partial charge >= 0.3 is 5.97 Å². The summed E-state index contributed by atoms with van der Waals surface area (Å²) in [4.78, 5) is 36.2. The standard InChI is InChI=1S/C13H22N2O4/c1-8(2)15-7-9(5-10(15)16)12(19)14-13(3,4)6-11(17)18/h8-9H,5-7H2,1-4H3,(H,14,19)(H,17,18). The summed E-state index contributed by atoms with van der Waals surface area (Å²) in [6.07, 6.45) is 0.0560. The number of carboxylic acids is 1. The lowest BCUT2D eigenvalue weighted by Crippen LogP contribution is -2.48. The number of rotatable bonds is 5. The Hall–Kier alpha value is -1.59. The maximum atomic E-state index is 12.1. The van der Waals surface area contributed by atoms with Crippen LogP contribution in [0.25, 0.3) is 0 Å². The average Bonchev–Trinajstić information content (AvgIpc) is 2.57. The fourth-order valence-electron chi connectivity index (χ4n) is 2.26. The summed E-state index contributed by atoms with van der Waals surface area (Å²) in [5.74, 6) is -1.62. The number of carbonyl (C=O) groups excluding carboxylic acids is 2. The summed E-state index contributed by atoms with van der Waals surface area (Å²) in [5, 5.41) is 11.5. The fourth-order valence-corrected chi connectivity index (χ4v) is 2.26. The zero-order valence-corrected chi connectivity index (χ0v) is 11.9. The minimum absolute atomic E-state index is 0.0220. The second-order valence-electron chi connectivity index (χ2n) is 5.98. The molecule has 1 unspecified atom stereocenters. The molecule has 1 aliphatic rings. The van der Waals surface area contributed by atoms with E-state index in [4.69, 9.17) is 5.11 Å². The van der Waals surface area contributed by atoms with E-state index in [1.54, 1.807) is 18.7 Å². The number of hydrogen-bond donors (Lipinski definition) is 2. The average molecular weight is 270 g/mol. The number of amides is 2. The van der Waals surface area contributed by atoms with Crippen molar-refractivity contribution in [1.29, 1.82) is 0 Å². The van der Waals surface area contributed by atoms with Crippen LogP contribution in [0.3, 0.4) is 0 Å². The van der Waals surface area contributed by atoms with Gasteiger partial charge in [-0.2, -0.15) is 0 Å². The summed E-state index contributed by atoms with van der Waals surface area (Å²) in [6.45, 7) is 7.55. The molecule has 1 rings (SSSR count). The Bertz CT molecular complexity index is 390. The molecule has 1 fully saturated rings. The monoisotopic (exact) mass is 270 g/mol. The van der Waals surface area contributed by atoms with E-state index in [9.17, 15) is 14.4 Å². The SMILES string of the molecule is CC(C)N1CC(C(=O)NC(C)(C)CC(=O)O)CC1=O. The van der Waals surface area contributed by atoms with Crippen molar-refractivity contribution < 1.29 is 19.5 Å². The van der Waals surface area contributed by atoms with E-state index in [1.165, 1.54) is 0 Å². The molecule has 1 saturated heterocycles. The molecule has 0 aromatic rings. The van der Waals surface area contributed by atoms with Crippen molar-refractivity contribution in [3.63, 3.8) is 0 Å². The first-order valence-electron chi connectivity index (χ1n) is 6.45. The zero-order valence-electron chi connectivity index (χ0n) is 11.9. The lowest BCUT2D eigenvalue weighted by Gasteiger charge is -2.26. The van der Waals surface area contributed by atoms with Crippen LogP contribution in [0.15, 0.2) is 0 Å². The third-order valence-corrected chi connectivity index (χ3v) is 3.21. The molecule has 0 radical (unpaired) electrons. The quantitative estimate of drug-likeness (QED) is 0.766. The Labute approximate surface area is 113 Å². The smallest absolute Gasteiger partial charge is 0.305 e. The van der Waals surface area contributed by atoms with Gasteiger partial charge in [0.25, 0.3) is 0 Å². The molecular weight excluding hydrogens is 248 g/mol. The van der Waals surface area contributed by atoms with E-state index in [0.29, 0.717) is 6.54 Å². The topological polar surface area (TPSA) is 86.7 Å². The molecule has 1 atom stereocenters. The van der Waals surface area contributed by atoms with Crippen LogP contribution in [0.2, 0.25) is 0 Å². The van der Waals surface area contributed by atoms with Gasteiger partial charge in [0, 0.05) is 24.5 Å². The van der Waals surface area contributed by atoms with Gasteiger partial charge in [-0.05, 0) is 27.7 Å². The van der Waals surface area contributed by atoms with E-state index in [0.717, 1.165) is 0 Å². The van der Waals surface area contributed by atoms with Crippen molar-refractivity contribution in [2.45, 2.75) is 52.1 Å². The van der Waals surface area contributed by atoms with Crippen LogP contribution in [0.1, 0.15) is 40.5 Å². The first-order chi connectivity index (χ1) is 8.62. The second-order valence-corrected chi connectivity index (χ2v) is 5.98. The van der Waals surface area contributed by atoms with E-state index in [-0.39, 0.29) is 36.6 Å². The molecule has 0 saturated carbocycles. The van der Waals surface area contributed by atoms with Crippen LogP contribution in [-0.4, -0.2) is 45.9 Å². The summed E-state index contributed by atoms with van der Waals surface area (Å²) >= 11 is 0. The van der Waals surface area contributed by atoms with E-state index in [2.05, 4.69) is 5.32 Å². The highest BCUT2D eigenvalue weighted by Crippen LogP contribution is 2.21. The highest BCUT2D eigenvalue weighted by molar-refractivity contribution is 5.89. The second kappa shape index (κ2) is 5.59. The van der Waals surface area contributed by atoms with Crippen molar-refractivity contribution in [2.24, 2.45) is 5.92 Å². The molecule has 108 valence electrons. The summed E-state index contributed by atoms with van der Waals surface area (Å²) < 4.78 is 0. The summed E-state index contributed by atoms with van der Waals surface area (Å²) in [5.41, 5.74) is -0.808. The first-order valence-corrected chi connectivity index (χ1v) is 6.45. The lowest BCUT2D eigenvalue weighted by molar-refractivity contribution is -0.139. The van der Waals surface area contributed by atoms with E-state index < -0.39 is 11.5 Å². The number of nitrogens with one attached hydrogen (secondary N) is 1. The molecule has 0 bridgehead atoms. The molecule has 6 heteroatoms. The molecule has 0 spiro atoms. The molecule has 2 N–H and O–H groups in total. The van der Waals surface area contributed by atoms with E-state index >= 15 is 0 Å². The Morgan fingerprint density at radius 2 is 2.05 bits per heavy atom.